The van der Waals surface area contributed by atoms with Crippen LogP contribution in [0.5, 0.6) is 0 Å². The molecule has 0 aliphatic heterocycles. The van der Waals surface area contributed by atoms with Crippen molar-refractivity contribution in [3.05, 3.63) is 36.4 Å². The number of carbonyl (C=O) groups is 1. The number of alkyl halides is 3. The van der Waals surface area contributed by atoms with E-state index >= 15 is 0 Å². The number of hydrogen-bond donors (Lipinski definition) is 0. The molecule has 0 bridgehead atoms. The van der Waals surface area contributed by atoms with Crippen molar-refractivity contribution in [3.8, 4) is 5.69 Å². The molecule has 23 heavy (non-hydrogen) atoms. The fourth-order valence-corrected chi connectivity index (χ4v) is 2.65. The maximum Gasteiger partial charge on any atom is 0.389 e. The van der Waals surface area contributed by atoms with E-state index in [4.69, 9.17) is 0 Å². The molecule has 2 heterocycles. The monoisotopic (exact) mass is 344 g/mol. The maximum absolute atomic E-state index is 12.1. The first kappa shape index (κ1) is 17.3. The summed E-state index contributed by atoms with van der Waals surface area (Å²) in [6.45, 7) is 1.73. The van der Waals surface area contributed by atoms with Crippen molar-refractivity contribution in [3.63, 3.8) is 0 Å². The number of anilines is 1. The Morgan fingerprint density at radius 3 is 2.78 bits per heavy atom. The van der Waals surface area contributed by atoms with E-state index in [0.29, 0.717) is 23.1 Å². The predicted molar refractivity (Wildman–Crippen MR) is 83.0 cm³/mol. The van der Waals surface area contributed by atoms with Crippen molar-refractivity contribution in [1.29, 1.82) is 0 Å². The molecule has 0 N–H and O–H groups in total. The summed E-state index contributed by atoms with van der Waals surface area (Å²) >= 11 is 0.638. The molecule has 0 atom stereocenters. The molecule has 9 heteroatoms. The minimum Gasteiger partial charge on any atom is -0.303 e. The summed E-state index contributed by atoms with van der Waals surface area (Å²) in [5.41, 5.74) is 1.87. The molecule has 1 amide bonds. The molecule has 0 saturated carbocycles. The van der Waals surface area contributed by atoms with Crippen LogP contribution in [0.15, 0.2) is 30.7 Å². The summed E-state index contributed by atoms with van der Waals surface area (Å²) in [7, 11) is 1.51. The number of pyridine rings is 1. The molecule has 2 rings (SSSR count). The zero-order chi connectivity index (χ0) is 17.0. The van der Waals surface area contributed by atoms with E-state index in [1.54, 1.807) is 36.3 Å². The van der Waals surface area contributed by atoms with E-state index in [1.807, 2.05) is 6.07 Å². The van der Waals surface area contributed by atoms with Gasteiger partial charge in [0, 0.05) is 19.0 Å². The molecule has 0 spiro atoms. The van der Waals surface area contributed by atoms with Crippen LogP contribution >= 0.6 is 11.8 Å². The zero-order valence-corrected chi connectivity index (χ0v) is 13.4. The standard InChI is InChI=1S/C14H15F3N4OS/c1-10-12(9-21(19-10)11-4-3-6-18-8-11)20(2)13(22)23-7-5-14(15,16)17/h3-4,6,8-9H,5,7H2,1-2H3. The summed E-state index contributed by atoms with van der Waals surface area (Å²) in [5, 5.41) is 3.84. The second kappa shape index (κ2) is 7.03. The summed E-state index contributed by atoms with van der Waals surface area (Å²) < 4.78 is 38.0. The fourth-order valence-electron chi connectivity index (χ4n) is 1.85. The van der Waals surface area contributed by atoms with Gasteiger partial charge in [-0.25, -0.2) is 4.68 Å². The molecule has 0 radical (unpaired) electrons. The van der Waals surface area contributed by atoms with Gasteiger partial charge in [0.15, 0.2) is 0 Å². The van der Waals surface area contributed by atoms with Crippen molar-refractivity contribution in [2.45, 2.75) is 19.5 Å². The summed E-state index contributed by atoms with van der Waals surface area (Å²) in [5.74, 6) is -0.303. The van der Waals surface area contributed by atoms with Gasteiger partial charge in [-0.2, -0.15) is 18.3 Å². The number of halogens is 3. The number of aryl methyl sites for hydroxylation is 1. The lowest BCUT2D eigenvalue weighted by Crippen LogP contribution is -2.23. The number of rotatable bonds is 4. The Kier molecular flexibility index (Phi) is 5.30. The first-order chi connectivity index (χ1) is 10.8. The molecule has 2 aromatic rings. The Morgan fingerprint density at radius 2 is 2.17 bits per heavy atom. The van der Waals surface area contributed by atoms with Gasteiger partial charge in [0.25, 0.3) is 5.24 Å². The lowest BCUT2D eigenvalue weighted by atomic mass is 10.4. The van der Waals surface area contributed by atoms with Crippen LogP contribution < -0.4 is 4.90 Å². The van der Waals surface area contributed by atoms with Crippen molar-refractivity contribution in [1.82, 2.24) is 14.8 Å². The number of thioether (sulfide) groups is 1. The molecular formula is C14H15F3N4OS. The minimum atomic E-state index is -4.26. The molecule has 2 aromatic heterocycles. The third kappa shape index (κ3) is 4.72. The molecule has 0 aliphatic carbocycles. The van der Waals surface area contributed by atoms with Crippen LogP contribution in [0, 0.1) is 6.92 Å². The minimum absolute atomic E-state index is 0.303. The van der Waals surface area contributed by atoms with Crippen molar-refractivity contribution < 1.29 is 18.0 Å². The lowest BCUT2D eigenvalue weighted by molar-refractivity contribution is -0.129. The largest absolute Gasteiger partial charge is 0.389 e. The second-order valence-corrected chi connectivity index (χ2v) is 5.84. The van der Waals surface area contributed by atoms with Crippen molar-refractivity contribution >= 4 is 22.7 Å². The van der Waals surface area contributed by atoms with Gasteiger partial charge in [0.2, 0.25) is 0 Å². The Balaban J connectivity index is 2.06. The van der Waals surface area contributed by atoms with Crippen molar-refractivity contribution in [2.24, 2.45) is 0 Å². The lowest BCUT2D eigenvalue weighted by Gasteiger charge is -2.15. The molecule has 0 fully saturated rings. The van der Waals surface area contributed by atoms with Crippen LogP contribution in [-0.2, 0) is 0 Å². The number of carbonyl (C=O) groups excluding carboxylic acids is 1. The molecule has 0 saturated heterocycles. The first-order valence-corrected chi connectivity index (χ1v) is 7.70. The van der Waals surface area contributed by atoms with E-state index in [1.165, 1.54) is 11.9 Å². The van der Waals surface area contributed by atoms with Gasteiger partial charge >= 0.3 is 6.18 Å². The predicted octanol–water partition coefficient (Wildman–Crippen LogP) is 3.82. The van der Waals surface area contributed by atoms with Gasteiger partial charge in [-0.15, -0.1) is 0 Å². The van der Waals surface area contributed by atoms with Crippen LogP contribution in [0.1, 0.15) is 12.1 Å². The number of amides is 1. The molecule has 124 valence electrons. The van der Waals surface area contributed by atoms with Crippen LogP contribution in [-0.4, -0.2) is 39.0 Å². The van der Waals surface area contributed by atoms with E-state index in [-0.39, 0.29) is 5.75 Å². The third-order valence-electron chi connectivity index (χ3n) is 3.03. The highest BCUT2D eigenvalue weighted by molar-refractivity contribution is 8.13. The van der Waals surface area contributed by atoms with Crippen LogP contribution in [0.4, 0.5) is 23.7 Å². The smallest absolute Gasteiger partial charge is 0.303 e. The molecule has 0 unspecified atom stereocenters. The summed E-state index contributed by atoms with van der Waals surface area (Å²) in [6, 6.07) is 3.57. The van der Waals surface area contributed by atoms with Crippen LogP contribution in [0.3, 0.4) is 0 Å². The van der Waals surface area contributed by atoms with Gasteiger partial charge in [0.1, 0.15) is 0 Å². The second-order valence-electron chi connectivity index (χ2n) is 4.79. The van der Waals surface area contributed by atoms with E-state index in [2.05, 4.69) is 10.1 Å². The average molecular weight is 344 g/mol. The van der Waals surface area contributed by atoms with Gasteiger partial charge in [0.05, 0.1) is 35.9 Å². The third-order valence-corrected chi connectivity index (χ3v) is 3.96. The topological polar surface area (TPSA) is 51.0 Å². The Morgan fingerprint density at radius 1 is 1.43 bits per heavy atom. The van der Waals surface area contributed by atoms with E-state index in [0.717, 1.165) is 5.69 Å². The Hall–Kier alpha value is -2.03. The zero-order valence-electron chi connectivity index (χ0n) is 12.5. The van der Waals surface area contributed by atoms with Crippen molar-refractivity contribution in [2.75, 3.05) is 17.7 Å². The summed E-state index contributed by atoms with van der Waals surface area (Å²) in [6.07, 6.45) is -0.351. The van der Waals surface area contributed by atoms with Crippen LogP contribution in [0.25, 0.3) is 5.69 Å². The maximum atomic E-state index is 12.1. The average Bonchev–Trinajstić information content (AvgIpc) is 2.88. The molecular weight excluding hydrogens is 329 g/mol. The molecule has 0 aromatic carbocycles. The number of hydrogen-bond acceptors (Lipinski definition) is 4. The first-order valence-electron chi connectivity index (χ1n) is 6.72. The Labute approximate surface area is 135 Å². The highest BCUT2D eigenvalue weighted by Gasteiger charge is 2.27. The fraction of sp³-hybridized carbons (Fsp3) is 0.357. The number of aromatic nitrogens is 3. The van der Waals surface area contributed by atoms with E-state index < -0.39 is 17.8 Å². The molecule has 0 aliphatic rings. The van der Waals surface area contributed by atoms with E-state index in [9.17, 15) is 18.0 Å². The van der Waals surface area contributed by atoms with Crippen LogP contribution in [0.2, 0.25) is 0 Å². The number of nitrogens with zero attached hydrogens (tertiary/aromatic N) is 4. The quantitative estimate of drug-likeness (QED) is 0.846. The SMILES string of the molecule is Cc1nn(-c2cccnc2)cc1N(C)C(=O)SCCC(F)(F)F. The molecule has 5 nitrogen and oxygen atoms in total. The highest BCUT2D eigenvalue weighted by atomic mass is 32.2. The highest BCUT2D eigenvalue weighted by Crippen LogP contribution is 2.26. The summed E-state index contributed by atoms with van der Waals surface area (Å²) in [4.78, 5) is 17.3. The van der Waals surface area contributed by atoms with Gasteiger partial charge in [-0.05, 0) is 19.1 Å². The van der Waals surface area contributed by atoms with Gasteiger partial charge < -0.3 is 4.90 Å². The Bertz CT molecular complexity index is 672. The van der Waals surface area contributed by atoms with Gasteiger partial charge in [-0.1, -0.05) is 11.8 Å². The van der Waals surface area contributed by atoms with Gasteiger partial charge in [-0.3, -0.25) is 9.78 Å². The normalized spacial score (nSPS) is 11.5.